The highest BCUT2D eigenvalue weighted by molar-refractivity contribution is 9.14. The van der Waals surface area contributed by atoms with Crippen LogP contribution in [0.3, 0.4) is 0 Å². The zero-order valence-electron chi connectivity index (χ0n) is 12.1. The zero-order chi connectivity index (χ0) is 16.1. The average Bonchev–Trinajstić information content (AvgIpc) is 2.44. The van der Waals surface area contributed by atoms with Gasteiger partial charge in [-0.3, -0.25) is 0 Å². The number of rotatable bonds is 1. The van der Waals surface area contributed by atoms with Crippen molar-refractivity contribution in [2.24, 2.45) is 0 Å². The van der Waals surface area contributed by atoms with Crippen LogP contribution in [0, 0.1) is 27.7 Å². The van der Waals surface area contributed by atoms with Gasteiger partial charge >= 0.3 is 0 Å². The van der Waals surface area contributed by atoms with E-state index in [0.717, 1.165) is 31.2 Å². The second-order valence-electron chi connectivity index (χ2n) is 5.13. The SMILES string of the molecule is Cc1cc(O)c(-c2c(O)c(C)c(Br)c(Br)c2Br)c(C)c1C. The molecule has 2 N–H and O–H groups in total. The monoisotopic (exact) mass is 476 g/mol. The summed E-state index contributed by atoms with van der Waals surface area (Å²) < 4.78 is 2.31. The highest BCUT2D eigenvalue weighted by Crippen LogP contribution is 2.50. The van der Waals surface area contributed by atoms with Crippen molar-refractivity contribution < 1.29 is 10.2 Å². The first-order chi connectivity index (χ1) is 9.68. The van der Waals surface area contributed by atoms with E-state index in [9.17, 15) is 10.2 Å². The average molecular weight is 479 g/mol. The largest absolute Gasteiger partial charge is 0.507 e. The molecule has 21 heavy (non-hydrogen) atoms. The molecule has 0 heterocycles. The van der Waals surface area contributed by atoms with Crippen molar-refractivity contribution in [1.82, 2.24) is 0 Å². The van der Waals surface area contributed by atoms with Crippen LogP contribution < -0.4 is 0 Å². The van der Waals surface area contributed by atoms with Crippen molar-refractivity contribution >= 4 is 47.8 Å². The van der Waals surface area contributed by atoms with Crippen molar-refractivity contribution in [2.45, 2.75) is 27.7 Å². The van der Waals surface area contributed by atoms with Crippen molar-refractivity contribution in [3.8, 4) is 22.6 Å². The van der Waals surface area contributed by atoms with E-state index in [4.69, 9.17) is 0 Å². The molecule has 0 fully saturated rings. The fourth-order valence-corrected chi connectivity index (χ4v) is 4.10. The summed E-state index contributed by atoms with van der Waals surface area (Å²) in [5.74, 6) is 0.318. The third-order valence-electron chi connectivity index (χ3n) is 3.91. The van der Waals surface area contributed by atoms with E-state index in [1.54, 1.807) is 6.07 Å². The van der Waals surface area contributed by atoms with Gasteiger partial charge in [-0.1, -0.05) is 0 Å². The van der Waals surface area contributed by atoms with Crippen molar-refractivity contribution in [1.29, 1.82) is 0 Å². The third-order valence-corrected chi connectivity index (χ3v) is 7.56. The molecular weight excluding hydrogens is 464 g/mol. The standard InChI is InChI=1S/C16H15Br3O2/c1-6-5-10(20)11(8(3)7(6)2)12-14(18)15(19)13(17)9(4)16(12)21/h5,20-21H,1-4H3. The van der Waals surface area contributed by atoms with Crippen LogP contribution in [-0.2, 0) is 0 Å². The molecule has 0 atom stereocenters. The molecule has 0 saturated carbocycles. The van der Waals surface area contributed by atoms with Gasteiger partial charge in [-0.2, -0.15) is 0 Å². The number of aryl methyl sites for hydroxylation is 1. The Morgan fingerprint density at radius 2 is 1.29 bits per heavy atom. The Balaban J connectivity index is 2.96. The van der Waals surface area contributed by atoms with E-state index in [1.807, 2.05) is 27.7 Å². The van der Waals surface area contributed by atoms with E-state index in [0.29, 0.717) is 15.6 Å². The van der Waals surface area contributed by atoms with Crippen LogP contribution in [0.4, 0.5) is 0 Å². The maximum atomic E-state index is 10.6. The van der Waals surface area contributed by atoms with Gasteiger partial charge in [0, 0.05) is 30.1 Å². The normalized spacial score (nSPS) is 11.0. The molecule has 0 amide bonds. The van der Waals surface area contributed by atoms with Crippen LogP contribution >= 0.6 is 47.8 Å². The van der Waals surface area contributed by atoms with E-state index in [2.05, 4.69) is 47.8 Å². The Hall–Kier alpha value is -0.520. The van der Waals surface area contributed by atoms with Crippen LogP contribution in [0.2, 0.25) is 0 Å². The Labute approximate surface area is 149 Å². The predicted octanol–water partition coefficient (Wildman–Crippen LogP) is 6.29. The van der Waals surface area contributed by atoms with Crippen LogP contribution in [0.15, 0.2) is 19.5 Å². The number of hydrogen-bond donors (Lipinski definition) is 2. The second-order valence-corrected chi connectivity index (χ2v) is 7.51. The molecule has 2 aromatic carbocycles. The molecule has 0 unspecified atom stereocenters. The number of phenolic OH excluding ortho intramolecular Hbond substituents is 2. The molecule has 0 spiro atoms. The summed E-state index contributed by atoms with van der Waals surface area (Å²) in [6.45, 7) is 7.75. The summed E-state index contributed by atoms with van der Waals surface area (Å²) in [7, 11) is 0. The molecule has 2 nitrogen and oxygen atoms in total. The lowest BCUT2D eigenvalue weighted by Crippen LogP contribution is -1.95. The molecule has 5 heteroatoms. The van der Waals surface area contributed by atoms with Crippen molar-refractivity contribution in [3.63, 3.8) is 0 Å². The summed E-state index contributed by atoms with van der Waals surface area (Å²) >= 11 is 10.5. The van der Waals surface area contributed by atoms with Crippen LogP contribution in [0.25, 0.3) is 11.1 Å². The number of halogens is 3. The minimum atomic E-state index is 0.151. The maximum Gasteiger partial charge on any atom is 0.128 e. The molecular formula is C16H15Br3O2. The Bertz CT molecular complexity index is 723. The predicted molar refractivity (Wildman–Crippen MR) is 97.3 cm³/mol. The number of hydrogen-bond acceptors (Lipinski definition) is 2. The second kappa shape index (κ2) is 5.94. The van der Waals surface area contributed by atoms with Crippen molar-refractivity contribution in [2.75, 3.05) is 0 Å². The number of benzene rings is 2. The summed E-state index contributed by atoms with van der Waals surface area (Å²) in [5, 5.41) is 20.9. The van der Waals surface area contributed by atoms with Gasteiger partial charge in [-0.05, 0) is 98.2 Å². The van der Waals surface area contributed by atoms with Crippen LogP contribution in [-0.4, -0.2) is 10.2 Å². The van der Waals surface area contributed by atoms with Gasteiger partial charge in [-0.25, -0.2) is 0 Å². The summed E-state index contributed by atoms with van der Waals surface area (Å²) in [4.78, 5) is 0. The van der Waals surface area contributed by atoms with Crippen LogP contribution in [0.5, 0.6) is 11.5 Å². The van der Waals surface area contributed by atoms with Gasteiger partial charge in [0.15, 0.2) is 0 Å². The van der Waals surface area contributed by atoms with E-state index >= 15 is 0 Å². The summed E-state index contributed by atoms with van der Waals surface area (Å²) in [6, 6.07) is 1.73. The first-order valence-electron chi connectivity index (χ1n) is 6.34. The van der Waals surface area contributed by atoms with Gasteiger partial charge < -0.3 is 10.2 Å². The molecule has 112 valence electrons. The highest BCUT2D eigenvalue weighted by Gasteiger charge is 2.23. The van der Waals surface area contributed by atoms with Gasteiger partial charge in [0.05, 0.1) is 0 Å². The van der Waals surface area contributed by atoms with E-state index < -0.39 is 0 Å². The molecule has 0 aliphatic rings. The van der Waals surface area contributed by atoms with Crippen molar-refractivity contribution in [3.05, 3.63) is 41.7 Å². The molecule has 0 bridgehead atoms. The maximum absolute atomic E-state index is 10.6. The molecule has 2 rings (SSSR count). The first-order valence-corrected chi connectivity index (χ1v) is 8.72. The fourth-order valence-electron chi connectivity index (χ4n) is 2.37. The summed E-state index contributed by atoms with van der Waals surface area (Å²) in [6.07, 6.45) is 0. The fraction of sp³-hybridized carbons (Fsp3) is 0.250. The zero-order valence-corrected chi connectivity index (χ0v) is 16.9. The Kier molecular flexibility index (Phi) is 4.76. The third kappa shape index (κ3) is 2.64. The highest BCUT2D eigenvalue weighted by atomic mass is 79.9. The van der Waals surface area contributed by atoms with Gasteiger partial charge in [0.1, 0.15) is 11.5 Å². The number of phenols is 2. The Morgan fingerprint density at radius 3 is 1.86 bits per heavy atom. The quantitative estimate of drug-likeness (QED) is 0.473. The summed E-state index contributed by atoms with van der Waals surface area (Å²) in [5.41, 5.74) is 5.05. The lowest BCUT2D eigenvalue weighted by Gasteiger charge is -2.19. The van der Waals surface area contributed by atoms with Crippen LogP contribution in [0.1, 0.15) is 22.3 Å². The molecule has 0 saturated heterocycles. The molecule has 2 aromatic rings. The molecule has 0 radical (unpaired) electrons. The van der Waals surface area contributed by atoms with Gasteiger partial charge in [0.25, 0.3) is 0 Å². The molecule has 0 aliphatic carbocycles. The number of aromatic hydroxyl groups is 2. The van der Waals surface area contributed by atoms with Gasteiger partial charge in [-0.15, -0.1) is 0 Å². The van der Waals surface area contributed by atoms with E-state index in [1.165, 1.54) is 0 Å². The smallest absolute Gasteiger partial charge is 0.128 e. The minimum absolute atomic E-state index is 0.151. The topological polar surface area (TPSA) is 40.5 Å². The van der Waals surface area contributed by atoms with E-state index in [-0.39, 0.29) is 11.5 Å². The lowest BCUT2D eigenvalue weighted by atomic mass is 9.91. The molecule has 0 aromatic heterocycles. The Morgan fingerprint density at radius 1 is 0.714 bits per heavy atom. The van der Waals surface area contributed by atoms with Gasteiger partial charge in [0.2, 0.25) is 0 Å². The molecule has 0 aliphatic heterocycles. The minimum Gasteiger partial charge on any atom is -0.507 e. The lowest BCUT2D eigenvalue weighted by molar-refractivity contribution is 0.465. The first kappa shape index (κ1) is 16.8.